The van der Waals surface area contributed by atoms with Gasteiger partial charge < -0.3 is 35.2 Å². The fraction of sp³-hybridized carbons (Fsp3) is 0.732. The molecule has 2 aliphatic rings. The monoisotopic (exact) mass is 827 g/mol. The van der Waals surface area contributed by atoms with Gasteiger partial charge in [0.1, 0.15) is 0 Å². The Morgan fingerprint density at radius 3 is 2.04 bits per heavy atom. The van der Waals surface area contributed by atoms with Crippen LogP contribution in [0.1, 0.15) is 99.0 Å². The Morgan fingerprint density at radius 1 is 0.947 bits per heavy atom. The lowest BCUT2D eigenvalue weighted by atomic mass is 9.90. The molecule has 16 heteroatoms. The van der Waals surface area contributed by atoms with Crippen LogP contribution in [0.2, 0.25) is 0 Å². The van der Waals surface area contributed by atoms with Gasteiger partial charge in [-0.1, -0.05) is 84.7 Å². The van der Waals surface area contributed by atoms with Gasteiger partial charge in [0.15, 0.2) is 0 Å². The quantitative estimate of drug-likeness (QED) is 0.134. The topological polar surface area (TPSA) is 193 Å². The molecule has 0 spiro atoms. The molecular weight excluding hydrogens is 753 g/mol. The smallest absolute Gasteiger partial charge is 0.242 e. The molecule has 328 valence electrons. The van der Waals surface area contributed by atoms with Gasteiger partial charge in [-0.3, -0.25) is 28.7 Å². The molecule has 1 heterocycles. The van der Waals surface area contributed by atoms with Gasteiger partial charge >= 0.3 is 0 Å². The highest BCUT2D eigenvalue weighted by Crippen LogP contribution is 2.29. The molecule has 0 radical (unpaired) electrons. The average molecular weight is 827 g/mol. The molecule has 0 aromatic heterocycles. The second kappa shape index (κ2) is 29.6. The van der Waals surface area contributed by atoms with E-state index in [9.17, 15) is 32.4 Å². The molecule has 5 amide bonds. The van der Waals surface area contributed by atoms with Crippen LogP contribution < -0.4 is 20.7 Å². The first-order valence-electron chi connectivity index (χ1n) is 20.2. The van der Waals surface area contributed by atoms with Crippen LogP contribution >= 0.6 is 0 Å². The van der Waals surface area contributed by atoms with Crippen LogP contribution in [0.25, 0.3) is 0 Å². The lowest BCUT2D eigenvalue weighted by molar-refractivity contribution is -0.144. The standard InChI is InChI=1S/C24H46N4O5.C10H13NO.C4H7NO3S.C3H8/c1-9-17(4)23(27(6)22(31)15-26-20(29)14-25-5)19(32-7)13-21(30)28-12-10-11-18(28)24(33-8)16(2)3;1-9(11-8-12)7-10-5-3-2-4-6-10;6-3-5-9(7,8)4-1-2-4;1-3-2/h16-19,23-25H,9-15H2,1-8H3,(H,26,29);2-6,8-9H,7H2,1H3,(H,11,12);3-4H,1-2H2,(H,5,6);3H2,1-2H3. The number of benzene rings is 1. The Labute approximate surface area is 343 Å². The average Bonchev–Trinajstić information content (AvgIpc) is 3.94. The SMILES string of the molecule is CC(Cc1ccccc1)NC=O.CCC.CCC(C)C(C(CC(=O)N1CCCC1C(OC)C(C)C)OC)N(C)C(=O)CNC(=O)CNC.O=CNS(=O)(=O)C1CC1. The van der Waals surface area contributed by atoms with E-state index in [1.54, 1.807) is 37.9 Å². The van der Waals surface area contributed by atoms with Crippen LogP contribution in [-0.2, 0) is 49.9 Å². The van der Waals surface area contributed by atoms with Gasteiger partial charge in [0.05, 0.1) is 49.1 Å². The molecule has 3 rings (SSSR count). The fourth-order valence-electron chi connectivity index (χ4n) is 6.56. The second-order valence-electron chi connectivity index (χ2n) is 15.0. The van der Waals surface area contributed by atoms with E-state index in [1.165, 1.54) is 12.0 Å². The van der Waals surface area contributed by atoms with Gasteiger partial charge in [-0.2, -0.15) is 0 Å². The number of nitrogens with zero attached hydrogens (tertiary/aromatic N) is 2. The predicted octanol–water partition coefficient (Wildman–Crippen LogP) is 3.27. The van der Waals surface area contributed by atoms with Crippen LogP contribution in [0, 0.1) is 11.8 Å². The molecule has 6 unspecified atom stereocenters. The first-order valence-corrected chi connectivity index (χ1v) is 21.8. The van der Waals surface area contributed by atoms with Crippen molar-refractivity contribution in [3.05, 3.63) is 35.9 Å². The van der Waals surface area contributed by atoms with Gasteiger partial charge in [-0.25, -0.2) is 8.42 Å². The lowest BCUT2D eigenvalue weighted by Gasteiger charge is -2.39. The summed E-state index contributed by atoms with van der Waals surface area (Å²) in [6, 6.07) is 10.1. The van der Waals surface area contributed by atoms with Crippen molar-refractivity contribution in [1.82, 2.24) is 30.5 Å². The van der Waals surface area contributed by atoms with Crippen molar-refractivity contribution >= 4 is 40.6 Å². The molecule has 1 aliphatic heterocycles. The third kappa shape index (κ3) is 20.6. The minimum Gasteiger partial charge on any atom is -0.379 e. The summed E-state index contributed by atoms with van der Waals surface area (Å²) in [7, 11) is 3.44. The van der Waals surface area contributed by atoms with Crippen LogP contribution in [0.15, 0.2) is 30.3 Å². The number of amides is 5. The summed E-state index contributed by atoms with van der Waals surface area (Å²) in [5.41, 5.74) is 1.25. The van der Waals surface area contributed by atoms with Gasteiger partial charge in [0.2, 0.25) is 40.6 Å². The van der Waals surface area contributed by atoms with E-state index in [0.717, 1.165) is 32.1 Å². The number of methoxy groups -OCH3 is 2. The maximum absolute atomic E-state index is 13.4. The molecular formula is C41H74N6O9S. The van der Waals surface area contributed by atoms with E-state index < -0.39 is 16.1 Å². The molecule has 57 heavy (non-hydrogen) atoms. The summed E-state index contributed by atoms with van der Waals surface area (Å²) >= 11 is 0. The van der Waals surface area contributed by atoms with E-state index in [-0.39, 0.29) is 79.0 Å². The number of rotatable bonds is 21. The van der Waals surface area contributed by atoms with E-state index in [0.29, 0.717) is 25.3 Å². The summed E-state index contributed by atoms with van der Waals surface area (Å²) in [4.78, 5) is 61.3. The van der Waals surface area contributed by atoms with Crippen LogP contribution in [-0.4, -0.2) is 132 Å². The Kier molecular flexibility index (Phi) is 27.7. The highest BCUT2D eigenvalue weighted by molar-refractivity contribution is 7.90. The molecule has 1 saturated carbocycles. The van der Waals surface area contributed by atoms with Crippen LogP contribution in [0.4, 0.5) is 0 Å². The number of sulfonamides is 1. The van der Waals surface area contributed by atoms with Crippen molar-refractivity contribution in [3.8, 4) is 0 Å². The van der Waals surface area contributed by atoms with E-state index in [2.05, 4.69) is 69.6 Å². The van der Waals surface area contributed by atoms with Crippen LogP contribution in [0.5, 0.6) is 0 Å². The summed E-state index contributed by atoms with van der Waals surface area (Å²) in [5, 5.41) is 7.80. The van der Waals surface area contributed by atoms with Gasteiger partial charge in [-0.05, 0) is 63.5 Å². The van der Waals surface area contributed by atoms with Crippen molar-refractivity contribution in [2.24, 2.45) is 11.8 Å². The van der Waals surface area contributed by atoms with Gasteiger partial charge in [0.25, 0.3) is 0 Å². The molecule has 1 aliphatic carbocycles. The number of hydrogen-bond acceptors (Lipinski definition) is 10. The largest absolute Gasteiger partial charge is 0.379 e. The summed E-state index contributed by atoms with van der Waals surface area (Å²) < 4.78 is 34.6. The highest BCUT2D eigenvalue weighted by Gasteiger charge is 2.40. The Bertz CT molecular complexity index is 1400. The van der Waals surface area contributed by atoms with E-state index in [1.807, 2.05) is 30.0 Å². The normalized spacial score (nSPS) is 17.3. The molecule has 4 N–H and O–H groups in total. The van der Waals surface area contributed by atoms with E-state index in [4.69, 9.17) is 9.47 Å². The van der Waals surface area contributed by atoms with E-state index >= 15 is 0 Å². The molecule has 1 aromatic carbocycles. The molecule has 2 fully saturated rings. The van der Waals surface area contributed by atoms with Gasteiger partial charge in [0, 0.05) is 33.9 Å². The minimum absolute atomic E-state index is 0.00622. The van der Waals surface area contributed by atoms with Crippen molar-refractivity contribution in [3.63, 3.8) is 0 Å². The molecule has 1 saturated heterocycles. The molecule has 1 aromatic rings. The number of likely N-dealkylation sites (tertiary alicyclic amines) is 1. The number of carbonyl (C=O) groups excluding carboxylic acids is 5. The van der Waals surface area contributed by atoms with Crippen molar-refractivity contribution in [1.29, 1.82) is 0 Å². The molecule has 6 atom stereocenters. The Balaban J connectivity index is 0.00000105. The summed E-state index contributed by atoms with van der Waals surface area (Å²) in [5.74, 6) is -0.000328. The molecule has 0 bridgehead atoms. The molecule has 15 nitrogen and oxygen atoms in total. The fourth-order valence-corrected chi connectivity index (χ4v) is 7.64. The predicted molar refractivity (Wildman–Crippen MR) is 225 cm³/mol. The number of hydrogen-bond donors (Lipinski definition) is 4. The van der Waals surface area contributed by atoms with Crippen molar-refractivity contribution < 1.29 is 41.9 Å². The van der Waals surface area contributed by atoms with Crippen molar-refractivity contribution in [2.75, 3.05) is 47.9 Å². The first kappa shape index (κ1) is 53.4. The maximum Gasteiger partial charge on any atom is 0.242 e. The minimum atomic E-state index is -3.26. The first-order chi connectivity index (χ1) is 27.0. The second-order valence-corrected chi connectivity index (χ2v) is 17.0. The number of ether oxygens (including phenoxy) is 2. The number of likely N-dealkylation sites (N-methyl/N-ethyl adjacent to an activating group) is 2. The van der Waals surface area contributed by atoms with Crippen molar-refractivity contribution in [2.45, 2.75) is 135 Å². The highest BCUT2D eigenvalue weighted by atomic mass is 32.2. The zero-order valence-corrected chi connectivity index (χ0v) is 37.2. The lowest BCUT2D eigenvalue weighted by Crippen LogP contribution is -2.54. The maximum atomic E-state index is 13.4. The Morgan fingerprint density at radius 2 is 1.56 bits per heavy atom. The van der Waals surface area contributed by atoms with Crippen LogP contribution in [0.3, 0.4) is 0 Å². The summed E-state index contributed by atoms with van der Waals surface area (Å²) in [6.45, 7) is 15.4. The summed E-state index contributed by atoms with van der Waals surface area (Å²) in [6.07, 6.45) is 6.91. The third-order valence-electron chi connectivity index (χ3n) is 9.74. The third-order valence-corrected chi connectivity index (χ3v) is 11.5. The zero-order valence-electron chi connectivity index (χ0n) is 36.4. The Hall–Kier alpha value is -3.60. The number of nitrogens with one attached hydrogen (secondary N) is 4. The zero-order chi connectivity index (χ0) is 43.6. The van der Waals surface area contributed by atoms with Gasteiger partial charge in [-0.15, -0.1) is 0 Å². The number of carbonyl (C=O) groups is 5.